The van der Waals surface area contributed by atoms with Crippen LogP contribution in [0.2, 0.25) is 0 Å². The maximum atomic E-state index is 13.8. The molecule has 3 atom stereocenters. The molecule has 0 saturated carbocycles. The van der Waals surface area contributed by atoms with Gasteiger partial charge in [0.05, 0.1) is 29.2 Å². The highest BCUT2D eigenvalue weighted by atomic mass is 32.2. The number of hydrogen-bond acceptors (Lipinski definition) is 3. The molecular weight excluding hydrogens is 450 g/mol. The highest BCUT2D eigenvalue weighted by Crippen LogP contribution is 2.33. The second-order valence-electron chi connectivity index (χ2n) is 8.19. The molecule has 0 spiro atoms. The minimum Gasteiger partial charge on any atom is -0.495 e. The molecule has 170 valence electrons. The molecule has 0 bridgehead atoms. The summed E-state index contributed by atoms with van der Waals surface area (Å²) in [7, 11) is -1.35. The lowest BCUT2D eigenvalue weighted by Crippen LogP contribution is -2.45. The Labute approximate surface area is 200 Å². The normalized spacial score (nSPS) is 15.0. The third kappa shape index (κ3) is 5.08. The van der Waals surface area contributed by atoms with Gasteiger partial charge in [0, 0.05) is 10.3 Å². The van der Waals surface area contributed by atoms with E-state index < -0.39 is 27.3 Å². The van der Waals surface area contributed by atoms with E-state index in [1.165, 1.54) is 0 Å². The van der Waals surface area contributed by atoms with Gasteiger partial charge in [0.15, 0.2) is 0 Å². The predicted octanol–water partition coefficient (Wildman–Crippen LogP) is 5.49. The van der Waals surface area contributed by atoms with Crippen molar-refractivity contribution in [3.05, 3.63) is 102 Å². The maximum absolute atomic E-state index is 13.8. The van der Waals surface area contributed by atoms with Gasteiger partial charge < -0.3 is 4.74 Å². The smallest absolute Gasteiger partial charge is 0.137 e. The van der Waals surface area contributed by atoms with E-state index in [1.54, 1.807) is 7.11 Å². The Morgan fingerprint density at radius 2 is 1.52 bits per heavy atom. The van der Waals surface area contributed by atoms with E-state index in [9.17, 15) is 8.42 Å². The zero-order valence-corrected chi connectivity index (χ0v) is 20.5. The third-order valence-corrected chi connectivity index (χ3v) is 8.75. The Morgan fingerprint density at radius 3 is 2.21 bits per heavy atom. The SMILES string of the molecule is COc1ccc2ccccc2c1[S@](=O)N[C@](C)(C[S@@](=O)c1ccc(C)cc1)c1ccccc1. The van der Waals surface area contributed by atoms with E-state index >= 15 is 0 Å². The number of nitrogens with one attached hydrogen (secondary N) is 1. The van der Waals surface area contributed by atoms with Crippen molar-refractivity contribution in [2.45, 2.75) is 29.2 Å². The van der Waals surface area contributed by atoms with Crippen molar-refractivity contribution < 1.29 is 13.2 Å². The van der Waals surface area contributed by atoms with E-state index in [0.717, 1.165) is 26.8 Å². The lowest BCUT2D eigenvalue weighted by Gasteiger charge is -2.31. The van der Waals surface area contributed by atoms with Gasteiger partial charge in [0.2, 0.25) is 0 Å². The summed E-state index contributed by atoms with van der Waals surface area (Å²) < 4.78 is 36.0. The van der Waals surface area contributed by atoms with Gasteiger partial charge in [0.1, 0.15) is 21.6 Å². The molecule has 0 amide bonds. The zero-order valence-electron chi connectivity index (χ0n) is 18.9. The zero-order chi connectivity index (χ0) is 23.4. The maximum Gasteiger partial charge on any atom is 0.137 e. The molecule has 33 heavy (non-hydrogen) atoms. The Bertz CT molecular complexity index is 1310. The Balaban J connectivity index is 1.74. The van der Waals surface area contributed by atoms with Crippen molar-refractivity contribution in [2.24, 2.45) is 0 Å². The second kappa shape index (κ2) is 10.00. The molecule has 0 unspecified atom stereocenters. The van der Waals surface area contributed by atoms with Crippen LogP contribution in [0.15, 0.2) is 101 Å². The topological polar surface area (TPSA) is 55.4 Å². The van der Waals surface area contributed by atoms with Crippen LogP contribution >= 0.6 is 0 Å². The average molecular weight is 478 g/mol. The Hall–Kier alpha value is -2.80. The molecule has 0 saturated heterocycles. The molecule has 0 radical (unpaired) electrons. The first-order chi connectivity index (χ1) is 15.9. The van der Waals surface area contributed by atoms with E-state index in [2.05, 4.69) is 4.72 Å². The number of aryl methyl sites for hydroxylation is 1. The van der Waals surface area contributed by atoms with Crippen molar-refractivity contribution in [3.8, 4) is 5.75 Å². The van der Waals surface area contributed by atoms with Crippen LogP contribution in [0.3, 0.4) is 0 Å². The van der Waals surface area contributed by atoms with Crippen LogP contribution in [0.25, 0.3) is 10.8 Å². The quantitative estimate of drug-likeness (QED) is 0.365. The number of ether oxygens (including phenoxy) is 1. The molecule has 0 aliphatic rings. The van der Waals surface area contributed by atoms with Crippen LogP contribution < -0.4 is 9.46 Å². The first-order valence-electron chi connectivity index (χ1n) is 10.7. The van der Waals surface area contributed by atoms with Gasteiger partial charge in [-0.3, -0.25) is 4.21 Å². The number of rotatable bonds is 8. The van der Waals surface area contributed by atoms with Gasteiger partial charge in [-0.1, -0.05) is 78.4 Å². The fourth-order valence-electron chi connectivity index (χ4n) is 3.84. The lowest BCUT2D eigenvalue weighted by atomic mass is 9.96. The molecule has 0 aromatic heterocycles. The van der Waals surface area contributed by atoms with E-state index in [1.807, 2.05) is 105 Å². The molecular formula is C27H27NO3S2. The Morgan fingerprint density at radius 1 is 0.848 bits per heavy atom. The van der Waals surface area contributed by atoms with Crippen LogP contribution in [0.1, 0.15) is 18.1 Å². The molecule has 1 N–H and O–H groups in total. The fraction of sp³-hybridized carbons (Fsp3) is 0.185. The number of hydrogen-bond donors (Lipinski definition) is 1. The largest absolute Gasteiger partial charge is 0.495 e. The number of fused-ring (bicyclic) bond motifs is 1. The molecule has 0 aliphatic heterocycles. The summed E-state index contributed by atoms with van der Waals surface area (Å²) in [5.74, 6) is 0.813. The molecule has 4 aromatic carbocycles. The van der Waals surface area contributed by atoms with Crippen molar-refractivity contribution in [1.29, 1.82) is 0 Å². The van der Waals surface area contributed by atoms with Gasteiger partial charge in [-0.25, -0.2) is 8.93 Å². The summed E-state index contributed by atoms with van der Waals surface area (Å²) in [5.41, 5.74) is 1.21. The van der Waals surface area contributed by atoms with Crippen LogP contribution in [0, 0.1) is 6.92 Å². The average Bonchev–Trinajstić information content (AvgIpc) is 2.84. The summed E-state index contributed by atoms with van der Waals surface area (Å²) in [5, 5.41) is 1.84. The van der Waals surface area contributed by atoms with Crippen LogP contribution in [0.5, 0.6) is 5.75 Å². The predicted molar refractivity (Wildman–Crippen MR) is 136 cm³/mol. The Kier molecular flexibility index (Phi) is 7.08. The van der Waals surface area contributed by atoms with Crippen LogP contribution in [-0.4, -0.2) is 21.3 Å². The van der Waals surface area contributed by atoms with Crippen LogP contribution in [0.4, 0.5) is 0 Å². The van der Waals surface area contributed by atoms with E-state index in [-0.39, 0.29) is 5.75 Å². The van der Waals surface area contributed by atoms with Crippen molar-refractivity contribution >= 4 is 32.6 Å². The molecule has 4 aromatic rings. The molecule has 0 aliphatic carbocycles. The van der Waals surface area contributed by atoms with Crippen molar-refractivity contribution in [2.75, 3.05) is 12.9 Å². The molecule has 0 fully saturated rings. The summed E-state index contributed by atoms with van der Waals surface area (Å²) in [6.07, 6.45) is 0. The van der Waals surface area contributed by atoms with Gasteiger partial charge in [-0.15, -0.1) is 0 Å². The number of benzene rings is 4. The van der Waals surface area contributed by atoms with Gasteiger partial charge >= 0.3 is 0 Å². The third-order valence-electron chi connectivity index (χ3n) is 5.68. The lowest BCUT2D eigenvalue weighted by molar-refractivity contribution is 0.404. The minimum absolute atomic E-state index is 0.263. The molecule has 6 heteroatoms. The summed E-state index contributed by atoms with van der Waals surface area (Å²) >= 11 is 0. The molecule has 4 nitrogen and oxygen atoms in total. The van der Waals surface area contributed by atoms with Crippen LogP contribution in [-0.2, 0) is 27.3 Å². The molecule has 4 rings (SSSR count). The van der Waals surface area contributed by atoms with E-state index in [4.69, 9.17) is 4.74 Å². The monoisotopic (exact) mass is 477 g/mol. The van der Waals surface area contributed by atoms with Gasteiger partial charge in [-0.2, -0.15) is 0 Å². The highest BCUT2D eigenvalue weighted by Gasteiger charge is 2.33. The second-order valence-corrected chi connectivity index (χ2v) is 10.8. The van der Waals surface area contributed by atoms with Crippen molar-refractivity contribution in [1.82, 2.24) is 4.72 Å². The number of methoxy groups -OCH3 is 1. The van der Waals surface area contributed by atoms with Gasteiger partial charge in [0.25, 0.3) is 0 Å². The van der Waals surface area contributed by atoms with Gasteiger partial charge in [-0.05, 0) is 43.0 Å². The first kappa shape index (κ1) is 23.4. The first-order valence-corrected chi connectivity index (χ1v) is 13.1. The standard InChI is InChI=1S/C27H27NO3S2/c1-20-13-16-23(17-14-20)32(29)19-27(2,22-10-5-4-6-11-22)28-33(30)26-24-12-8-7-9-21(24)15-18-25(26)31-3/h4-18,28H,19H2,1-3H3/t27-,32-,33+/m1/s1. The summed E-state index contributed by atoms with van der Waals surface area (Å²) in [6, 6.07) is 29.0. The fourth-order valence-corrected chi connectivity index (χ4v) is 6.73. The minimum atomic E-state index is -1.63. The summed E-state index contributed by atoms with van der Waals surface area (Å²) in [4.78, 5) is 1.33. The highest BCUT2D eigenvalue weighted by molar-refractivity contribution is 7.85. The summed E-state index contributed by atoms with van der Waals surface area (Å²) in [6.45, 7) is 3.95. The van der Waals surface area contributed by atoms with E-state index in [0.29, 0.717) is 10.6 Å². The van der Waals surface area contributed by atoms with Crippen molar-refractivity contribution in [3.63, 3.8) is 0 Å². The molecule has 0 heterocycles.